The van der Waals surface area contributed by atoms with Crippen LogP contribution >= 0.6 is 15.9 Å². The summed E-state index contributed by atoms with van der Waals surface area (Å²) in [5.41, 5.74) is 9.35. The van der Waals surface area contributed by atoms with Gasteiger partial charge in [0.25, 0.3) is 0 Å². The molecule has 3 nitrogen and oxygen atoms in total. The summed E-state index contributed by atoms with van der Waals surface area (Å²) in [7, 11) is 0. The summed E-state index contributed by atoms with van der Waals surface area (Å²) >= 11 is 3.70. The molecule has 1 saturated carbocycles. The van der Waals surface area contributed by atoms with Crippen LogP contribution in [-0.2, 0) is 13.0 Å². The lowest BCUT2D eigenvalue weighted by atomic mass is 9.63. The highest BCUT2D eigenvalue weighted by molar-refractivity contribution is 9.10. The fourth-order valence-corrected chi connectivity index (χ4v) is 4.74. The Kier molecular flexibility index (Phi) is 4.37. The quantitative estimate of drug-likeness (QED) is 0.900. The number of hydrogen-bond acceptors (Lipinski definition) is 2. The highest BCUT2D eigenvalue weighted by Crippen LogP contribution is 2.44. The summed E-state index contributed by atoms with van der Waals surface area (Å²) in [6, 6.07) is 0. The standard InChI is InChI=1S/C16H28BrN3/c1-6-20-13(14(17)12(3)19-20)9-16(18)8-11(2)7-15(4,5)10-16/h11H,6-10,18H2,1-5H3. The summed E-state index contributed by atoms with van der Waals surface area (Å²) in [5.74, 6) is 0.696. The molecule has 0 radical (unpaired) electrons. The Morgan fingerprint density at radius 3 is 2.60 bits per heavy atom. The van der Waals surface area contributed by atoms with E-state index < -0.39 is 0 Å². The van der Waals surface area contributed by atoms with Crippen LogP contribution in [-0.4, -0.2) is 15.3 Å². The van der Waals surface area contributed by atoms with Crippen molar-refractivity contribution in [1.29, 1.82) is 0 Å². The van der Waals surface area contributed by atoms with Gasteiger partial charge in [-0.25, -0.2) is 0 Å². The minimum Gasteiger partial charge on any atom is -0.325 e. The second kappa shape index (κ2) is 5.45. The van der Waals surface area contributed by atoms with Crippen molar-refractivity contribution in [2.45, 2.75) is 72.4 Å². The highest BCUT2D eigenvalue weighted by Gasteiger charge is 2.41. The van der Waals surface area contributed by atoms with Crippen molar-refractivity contribution in [2.24, 2.45) is 17.1 Å². The first-order valence-corrected chi connectivity index (χ1v) is 8.46. The molecule has 2 unspecified atom stereocenters. The number of aryl methyl sites for hydroxylation is 2. The largest absolute Gasteiger partial charge is 0.325 e. The van der Waals surface area contributed by atoms with Gasteiger partial charge in [-0.2, -0.15) is 5.10 Å². The fourth-order valence-electron chi connectivity index (χ4n) is 4.31. The molecule has 1 aromatic rings. The Bertz CT molecular complexity index is 492. The minimum absolute atomic E-state index is 0.108. The first-order chi connectivity index (χ1) is 9.16. The van der Waals surface area contributed by atoms with Gasteiger partial charge in [-0.05, 0) is 60.4 Å². The maximum Gasteiger partial charge on any atom is 0.0738 e. The zero-order valence-corrected chi connectivity index (χ0v) is 15.0. The first kappa shape index (κ1) is 16.0. The van der Waals surface area contributed by atoms with Gasteiger partial charge in [0.1, 0.15) is 0 Å². The van der Waals surface area contributed by atoms with E-state index in [0.717, 1.165) is 36.0 Å². The molecule has 2 N–H and O–H groups in total. The van der Waals surface area contributed by atoms with E-state index in [2.05, 4.69) is 60.3 Å². The van der Waals surface area contributed by atoms with Crippen molar-refractivity contribution in [3.05, 3.63) is 15.9 Å². The van der Waals surface area contributed by atoms with Crippen LogP contribution in [0.2, 0.25) is 0 Å². The van der Waals surface area contributed by atoms with Gasteiger partial charge < -0.3 is 5.73 Å². The van der Waals surface area contributed by atoms with Crippen molar-refractivity contribution in [2.75, 3.05) is 0 Å². The topological polar surface area (TPSA) is 43.8 Å². The van der Waals surface area contributed by atoms with Crippen LogP contribution in [0, 0.1) is 18.3 Å². The third kappa shape index (κ3) is 3.28. The molecule has 1 aliphatic carbocycles. The summed E-state index contributed by atoms with van der Waals surface area (Å²) < 4.78 is 3.24. The molecule has 0 saturated heterocycles. The Labute approximate surface area is 131 Å². The van der Waals surface area contributed by atoms with E-state index in [-0.39, 0.29) is 5.54 Å². The van der Waals surface area contributed by atoms with Crippen LogP contribution in [0.15, 0.2) is 4.47 Å². The van der Waals surface area contributed by atoms with Crippen LogP contribution in [0.3, 0.4) is 0 Å². The number of rotatable bonds is 3. The van der Waals surface area contributed by atoms with Gasteiger partial charge in [0.2, 0.25) is 0 Å². The molecule has 1 aromatic heterocycles. The Morgan fingerprint density at radius 2 is 2.05 bits per heavy atom. The van der Waals surface area contributed by atoms with Crippen LogP contribution in [0.25, 0.3) is 0 Å². The summed E-state index contributed by atoms with van der Waals surface area (Å²) in [5, 5.41) is 4.59. The van der Waals surface area contributed by atoms with Gasteiger partial charge >= 0.3 is 0 Å². The second-order valence-corrected chi connectivity index (χ2v) is 8.35. The molecule has 0 amide bonds. The fraction of sp³-hybridized carbons (Fsp3) is 0.812. The molecule has 1 aliphatic rings. The molecule has 0 aromatic carbocycles. The molecular weight excluding hydrogens is 314 g/mol. The zero-order valence-electron chi connectivity index (χ0n) is 13.5. The van der Waals surface area contributed by atoms with E-state index in [1.165, 1.54) is 12.1 Å². The van der Waals surface area contributed by atoms with E-state index in [9.17, 15) is 0 Å². The first-order valence-electron chi connectivity index (χ1n) is 7.66. The monoisotopic (exact) mass is 341 g/mol. The van der Waals surface area contributed by atoms with E-state index in [1.54, 1.807) is 0 Å². The number of halogens is 1. The normalized spacial score (nSPS) is 29.6. The zero-order chi connectivity index (χ0) is 15.1. The molecule has 0 bridgehead atoms. The average Bonchev–Trinajstić information content (AvgIpc) is 2.53. The number of nitrogens with two attached hydrogens (primary N) is 1. The van der Waals surface area contributed by atoms with Gasteiger partial charge in [-0.3, -0.25) is 4.68 Å². The lowest BCUT2D eigenvalue weighted by Gasteiger charge is -2.45. The molecule has 114 valence electrons. The SMILES string of the molecule is CCn1nc(C)c(Br)c1CC1(N)CC(C)CC(C)(C)C1. The third-order valence-corrected chi connectivity index (χ3v) is 5.49. The van der Waals surface area contributed by atoms with Crippen LogP contribution in [0.5, 0.6) is 0 Å². The molecule has 4 heteroatoms. The van der Waals surface area contributed by atoms with Gasteiger partial charge in [-0.15, -0.1) is 0 Å². The average molecular weight is 342 g/mol. The van der Waals surface area contributed by atoms with Crippen LogP contribution < -0.4 is 5.73 Å². The number of aromatic nitrogens is 2. The highest BCUT2D eigenvalue weighted by atomic mass is 79.9. The molecule has 1 fully saturated rings. The molecule has 0 spiro atoms. The lowest BCUT2D eigenvalue weighted by Crippen LogP contribution is -2.51. The molecule has 0 aliphatic heterocycles. The van der Waals surface area contributed by atoms with Crippen molar-refractivity contribution >= 4 is 15.9 Å². The van der Waals surface area contributed by atoms with E-state index in [1.807, 2.05) is 0 Å². The molecule has 2 atom stereocenters. The molecule has 20 heavy (non-hydrogen) atoms. The Hall–Kier alpha value is -0.350. The smallest absolute Gasteiger partial charge is 0.0738 e. The Morgan fingerprint density at radius 1 is 1.40 bits per heavy atom. The van der Waals surface area contributed by atoms with Crippen molar-refractivity contribution < 1.29 is 0 Å². The molecule has 2 rings (SSSR count). The van der Waals surface area contributed by atoms with Crippen molar-refractivity contribution in [1.82, 2.24) is 9.78 Å². The summed E-state index contributed by atoms with van der Waals surface area (Å²) in [6.07, 6.45) is 4.39. The van der Waals surface area contributed by atoms with Gasteiger partial charge in [0, 0.05) is 18.5 Å². The maximum absolute atomic E-state index is 6.80. The van der Waals surface area contributed by atoms with Crippen molar-refractivity contribution in [3.8, 4) is 0 Å². The minimum atomic E-state index is -0.108. The van der Waals surface area contributed by atoms with E-state index in [0.29, 0.717) is 11.3 Å². The van der Waals surface area contributed by atoms with E-state index in [4.69, 9.17) is 5.73 Å². The van der Waals surface area contributed by atoms with Crippen LogP contribution in [0.4, 0.5) is 0 Å². The number of nitrogens with zero attached hydrogens (tertiary/aromatic N) is 2. The van der Waals surface area contributed by atoms with Gasteiger partial charge in [0.05, 0.1) is 15.9 Å². The lowest BCUT2D eigenvalue weighted by molar-refractivity contribution is 0.106. The van der Waals surface area contributed by atoms with Crippen molar-refractivity contribution in [3.63, 3.8) is 0 Å². The maximum atomic E-state index is 6.80. The van der Waals surface area contributed by atoms with Gasteiger partial charge in [0.15, 0.2) is 0 Å². The summed E-state index contributed by atoms with van der Waals surface area (Å²) in [4.78, 5) is 0. The second-order valence-electron chi connectivity index (χ2n) is 7.56. The third-order valence-electron chi connectivity index (χ3n) is 4.46. The molecule has 1 heterocycles. The van der Waals surface area contributed by atoms with E-state index >= 15 is 0 Å². The predicted molar refractivity (Wildman–Crippen MR) is 87.8 cm³/mol. The predicted octanol–water partition coefficient (Wildman–Crippen LogP) is 4.06. The van der Waals surface area contributed by atoms with Gasteiger partial charge in [-0.1, -0.05) is 20.8 Å². The summed E-state index contributed by atoms with van der Waals surface area (Å²) in [6.45, 7) is 12.1. The Balaban J connectivity index is 2.28. The molecular formula is C16H28BrN3. The van der Waals surface area contributed by atoms with Crippen LogP contribution in [0.1, 0.15) is 58.3 Å². The number of hydrogen-bond donors (Lipinski definition) is 1.